The minimum absolute atomic E-state index is 0.0400. The van der Waals surface area contributed by atoms with Crippen LogP contribution in [0.25, 0.3) is 0 Å². The Kier molecular flexibility index (Phi) is 9.52. The predicted octanol–water partition coefficient (Wildman–Crippen LogP) is 4.06. The topological polar surface area (TPSA) is 96.0 Å². The Morgan fingerprint density at radius 2 is 1.58 bits per heavy atom. The van der Waals surface area contributed by atoms with Gasteiger partial charge in [-0.3, -0.25) is 13.9 Å². The number of hydrogen-bond donors (Lipinski definition) is 1. The average molecular weight is 538 g/mol. The van der Waals surface area contributed by atoms with Gasteiger partial charge in [-0.25, -0.2) is 8.42 Å². The van der Waals surface area contributed by atoms with E-state index >= 15 is 0 Å². The normalized spacial score (nSPS) is 11.9. The van der Waals surface area contributed by atoms with Crippen molar-refractivity contribution in [1.82, 2.24) is 10.2 Å². The molecule has 38 heavy (non-hydrogen) atoms. The number of rotatable bonds is 11. The molecule has 0 saturated heterocycles. The summed E-state index contributed by atoms with van der Waals surface area (Å²) in [6.07, 6.45) is 0. The number of amides is 2. The van der Waals surface area contributed by atoms with E-state index in [0.29, 0.717) is 12.3 Å². The zero-order valence-electron chi connectivity index (χ0n) is 22.5. The van der Waals surface area contributed by atoms with Crippen LogP contribution in [0.5, 0.6) is 5.75 Å². The molecule has 0 aliphatic heterocycles. The van der Waals surface area contributed by atoms with Crippen LogP contribution in [0.3, 0.4) is 0 Å². The fourth-order valence-corrected chi connectivity index (χ4v) is 5.46. The molecule has 0 radical (unpaired) electrons. The van der Waals surface area contributed by atoms with Crippen LogP contribution in [0.1, 0.15) is 30.5 Å². The third-order valence-electron chi connectivity index (χ3n) is 6.20. The van der Waals surface area contributed by atoms with Gasteiger partial charge in [-0.1, -0.05) is 54.1 Å². The van der Waals surface area contributed by atoms with Gasteiger partial charge in [0.05, 0.1) is 17.7 Å². The molecule has 2 amide bonds. The summed E-state index contributed by atoms with van der Waals surface area (Å²) in [5, 5.41) is 2.76. The van der Waals surface area contributed by atoms with Gasteiger partial charge in [-0.2, -0.15) is 0 Å². The largest absolute Gasteiger partial charge is 0.495 e. The first kappa shape index (κ1) is 28.7. The zero-order chi connectivity index (χ0) is 27.9. The van der Waals surface area contributed by atoms with E-state index < -0.39 is 28.5 Å². The van der Waals surface area contributed by atoms with Crippen molar-refractivity contribution in [2.45, 2.75) is 45.2 Å². The highest BCUT2D eigenvalue weighted by molar-refractivity contribution is 7.92. The van der Waals surface area contributed by atoms with E-state index in [0.717, 1.165) is 21.0 Å². The van der Waals surface area contributed by atoms with Gasteiger partial charge in [-0.15, -0.1) is 0 Å². The number of aryl methyl sites for hydroxylation is 2. The summed E-state index contributed by atoms with van der Waals surface area (Å²) in [5.41, 5.74) is 2.93. The Morgan fingerprint density at radius 3 is 2.18 bits per heavy atom. The van der Waals surface area contributed by atoms with Crippen LogP contribution in [-0.4, -0.2) is 51.4 Å². The summed E-state index contributed by atoms with van der Waals surface area (Å²) in [6.45, 7) is 7.26. The number of ether oxygens (including phenoxy) is 1. The number of carbonyl (C=O) groups excluding carboxylic acids is 2. The van der Waals surface area contributed by atoms with E-state index in [1.807, 2.05) is 38.1 Å². The smallest absolute Gasteiger partial charge is 0.264 e. The van der Waals surface area contributed by atoms with Gasteiger partial charge in [0.1, 0.15) is 18.3 Å². The standard InChI is InChI=1S/C29H35N3O5S/c1-6-30-29(34)23(4)31(19-24-15-12-21(2)13-16-24)28(33)20-32(26-18-22(3)14-17-27(26)37-5)38(35,36)25-10-8-7-9-11-25/h7-18,23H,6,19-20H2,1-5H3,(H,30,34). The second-order valence-electron chi connectivity index (χ2n) is 9.08. The van der Waals surface area contributed by atoms with Crippen molar-refractivity contribution >= 4 is 27.5 Å². The van der Waals surface area contributed by atoms with Crippen molar-refractivity contribution in [3.63, 3.8) is 0 Å². The Morgan fingerprint density at radius 1 is 0.947 bits per heavy atom. The number of likely N-dealkylation sites (N-methyl/N-ethyl adjacent to an activating group) is 1. The van der Waals surface area contributed by atoms with Gasteiger partial charge < -0.3 is 15.0 Å². The van der Waals surface area contributed by atoms with E-state index in [4.69, 9.17) is 4.74 Å². The van der Waals surface area contributed by atoms with Crippen molar-refractivity contribution in [3.05, 3.63) is 89.5 Å². The Hall–Kier alpha value is -3.85. The van der Waals surface area contributed by atoms with Crippen LogP contribution in [0, 0.1) is 13.8 Å². The number of hydrogen-bond acceptors (Lipinski definition) is 5. The van der Waals surface area contributed by atoms with Crippen LogP contribution in [-0.2, 0) is 26.2 Å². The lowest BCUT2D eigenvalue weighted by atomic mass is 10.1. The summed E-state index contributed by atoms with van der Waals surface area (Å²) in [5.74, 6) is -0.532. The van der Waals surface area contributed by atoms with Crippen LogP contribution < -0.4 is 14.4 Å². The van der Waals surface area contributed by atoms with E-state index in [9.17, 15) is 18.0 Å². The second kappa shape index (κ2) is 12.6. The molecule has 0 aliphatic rings. The molecular weight excluding hydrogens is 502 g/mol. The van der Waals surface area contributed by atoms with Gasteiger partial charge in [0.15, 0.2) is 0 Å². The molecule has 1 N–H and O–H groups in total. The molecular formula is C29H35N3O5S. The quantitative estimate of drug-likeness (QED) is 0.398. The number of nitrogens with zero attached hydrogens (tertiary/aromatic N) is 2. The van der Waals surface area contributed by atoms with Gasteiger partial charge in [-0.05, 0) is 63.1 Å². The molecule has 3 rings (SSSR count). The monoisotopic (exact) mass is 537 g/mol. The summed E-state index contributed by atoms with van der Waals surface area (Å²) in [4.78, 5) is 28.2. The van der Waals surface area contributed by atoms with Crippen LogP contribution in [0.2, 0.25) is 0 Å². The van der Waals surface area contributed by atoms with E-state index in [-0.39, 0.29) is 23.0 Å². The summed E-state index contributed by atoms with van der Waals surface area (Å²) in [6, 6.07) is 19.9. The highest BCUT2D eigenvalue weighted by atomic mass is 32.2. The lowest BCUT2D eigenvalue weighted by molar-refractivity contribution is -0.139. The average Bonchev–Trinajstić information content (AvgIpc) is 2.91. The lowest BCUT2D eigenvalue weighted by Crippen LogP contribution is -2.51. The van der Waals surface area contributed by atoms with Gasteiger partial charge in [0, 0.05) is 13.1 Å². The van der Waals surface area contributed by atoms with E-state index in [2.05, 4.69) is 5.32 Å². The molecule has 3 aromatic rings. The molecule has 0 aliphatic carbocycles. The highest BCUT2D eigenvalue weighted by Crippen LogP contribution is 2.33. The Labute approximate surface area is 225 Å². The number of nitrogens with one attached hydrogen (secondary N) is 1. The van der Waals surface area contributed by atoms with Crippen LogP contribution in [0.4, 0.5) is 5.69 Å². The molecule has 0 spiro atoms. The number of benzene rings is 3. The molecule has 1 unspecified atom stereocenters. The van der Waals surface area contributed by atoms with Crippen molar-refractivity contribution in [2.75, 3.05) is 24.5 Å². The first-order valence-corrected chi connectivity index (χ1v) is 13.9. The molecule has 0 bridgehead atoms. The number of anilines is 1. The van der Waals surface area contributed by atoms with Crippen molar-refractivity contribution in [1.29, 1.82) is 0 Å². The number of methoxy groups -OCH3 is 1. The summed E-state index contributed by atoms with van der Waals surface area (Å²) >= 11 is 0. The first-order valence-electron chi connectivity index (χ1n) is 12.4. The van der Waals surface area contributed by atoms with Crippen molar-refractivity contribution < 1.29 is 22.7 Å². The fourth-order valence-electron chi connectivity index (χ4n) is 4.02. The van der Waals surface area contributed by atoms with Crippen molar-refractivity contribution in [3.8, 4) is 5.75 Å². The maximum atomic E-state index is 13.9. The van der Waals surface area contributed by atoms with E-state index in [1.54, 1.807) is 50.2 Å². The molecule has 0 saturated carbocycles. The Bertz CT molecular complexity index is 1360. The number of carbonyl (C=O) groups is 2. The number of sulfonamides is 1. The van der Waals surface area contributed by atoms with Gasteiger partial charge in [0.2, 0.25) is 11.8 Å². The Balaban J connectivity index is 2.08. The predicted molar refractivity (Wildman–Crippen MR) is 149 cm³/mol. The first-order chi connectivity index (χ1) is 18.1. The molecule has 0 fully saturated rings. The molecule has 0 heterocycles. The minimum atomic E-state index is -4.16. The molecule has 3 aromatic carbocycles. The molecule has 202 valence electrons. The van der Waals surface area contributed by atoms with Gasteiger partial charge in [0.25, 0.3) is 10.0 Å². The molecule has 8 nitrogen and oxygen atoms in total. The van der Waals surface area contributed by atoms with Crippen LogP contribution >= 0.6 is 0 Å². The van der Waals surface area contributed by atoms with Crippen molar-refractivity contribution in [2.24, 2.45) is 0 Å². The summed E-state index contributed by atoms with van der Waals surface area (Å²) in [7, 11) is -2.71. The minimum Gasteiger partial charge on any atom is -0.495 e. The zero-order valence-corrected chi connectivity index (χ0v) is 23.3. The molecule has 0 aromatic heterocycles. The maximum absolute atomic E-state index is 13.9. The van der Waals surface area contributed by atoms with E-state index in [1.165, 1.54) is 24.1 Å². The lowest BCUT2D eigenvalue weighted by Gasteiger charge is -2.32. The fraction of sp³-hybridized carbons (Fsp3) is 0.310. The maximum Gasteiger partial charge on any atom is 0.264 e. The summed E-state index contributed by atoms with van der Waals surface area (Å²) < 4.78 is 34.3. The SMILES string of the molecule is CCNC(=O)C(C)N(Cc1ccc(C)cc1)C(=O)CN(c1cc(C)ccc1OC)S(=O)(=O)c1ccccc1. The molecule has 1 atom stereocenters. The third-order valence-corrected chi connectivity index (χ3v) is 7.98. The third kappa shape index (κ3) is 6.72. The second-order valence-corrected chi connectivity index (χ2v) is 10.9. The highest BCUT2D eigenvalue weighted by Gasteiger charge is 2.33. The van der Waals surface area contributed by atoms with Gasteiger partial charge >= 0.3 is 0 Å². The molecule has 9 heteroatoms. The van der Waals surface area contributed by atoms with Crippen LogP contribution in [0.15, 0.2) is 77.7 Å².